The first-order chi connectivity index (χ1) is 12.7. The van der Waals surface area contributed by atoms with Crippen molar-refractivity contribution in [3.05, 3.63) is 64.1 Å². The average Bonchev–Trinajstić information content (AvgIpc) is 3.29. The number of aromatic nitrogens is 2. The number of hydrazone groups is 1. The van der Waals surface area contributed by atoms with Gasteiger partial charge in [0.15, 0.2) is 0 Å². The number of hydrogen-bond donors (Lipinski definition) is 2. The summed E-state index contributed by atoms with van der Waals surface area (Å²) in [6.45, 7) is 0. The Bertz CT molecular complexity index is 1070. The van der Waals surface area contributed by atoms with Gasteiger partial charge in [-0.05, 0) is 30.3 Å². The second-order valence-electron chi connectivity index (χ2n) is 5.57. The molecule has 0 fully saturated rings. The summed E-state index contributed by atoms with van der Waals surface area (Å²) in [6.07, 6.45) is 3.70. The predicted octanol–water partition coefficient (Wildman–Crippen LogP) is 5.51. The summed E-state index contributed by atoms with van der Waals surface area (Å²) in [5.74, 6) is 0.818. The summed E-state index contributed by atoms with van der Waals surface area (Å²) < 4.78 is 6.34. The number of fused-ring (bicyclic) bond motifs is 1. The second-order valence-corrected chi connectivity index (χ2v) is 7.34. The first kappa shape index (κ1) is 16.8. The molecule has 26 heavy (non-hydrogen) atoms. The Balaban J connectivity index is 1.50. The third-order valence-corrected chi connectivity index (χ3v) is 5.20. The Labute approximate surface area is 162 Å². The minimum absolute atomic E-state index is 0.747. The molecule has 0 bridgehead atoms. The van der Waals surface area contributed by atoms with Crippen LogP contribution in [-0.2, 0) is 0 Å². The summed E-state index contributed by atoms with van der Waals surface area (Å²) in [7, 11) is 1.66. The van der Waals surface area contributed by atoms with Crippen LogP contribution in [0.1, 0.15) is 5.56 Å². The summed E-state index contributed by atoms with van der Waals surface area (Å²) in [5.41, 5.74) is 7.03. The van der Waals surface area contributed by atoms with Crippen molar-refractivity contribution in [3.63, 3.8) is 0 Å². The molecular weight excluding hydrogens is 412 g/mol. The number of methoxy groups -OCH3 is 1. The van der Waals surface area contributed by atoms with Gasteiger partial charge in [0.1, 0.15) is 5.75 Å². The first-order valence-electron chi connectivity index (χ1n) is 7.88. The number of H-pyrrole nitrogens is 1. The molecule has 0 amide bonds. The van der Waals surface area contributed by atoms with Crippen molar-refractivity contribution in [1.29, 1.82) is 0 Å². The quantitative estimate of drug-likeness (QED) is 0.326. The number of aromatic amines is 1. The van der Waals surface area contributed by atoms with E-state index in [0.29, 0.717) is 0 Å². The largest absolute Gasteiger partial charge is 0.497 e. The van der Waals surface area contributed by atoms with Gasteiger partial charge in [-0.15, -0.1) is 11.3 Å². The average molecular weight is 427 g/mol. The standard InChI is InChI=1S/C19H15BrN4OS/c1-25-15-6-7-17-16(8-15)13(9-21-17)10-22-24-19-23-18(11-26-19)12-2-4-14(20)5-3-12/h2-11,21H,1H3,(H,23,24)/b22-10+. The van der Waals surface area contributed by atoms with E-state index in [1.165, 1.54) is 11.3 Å². The van der Waals surface area contributed by atoms with E-state index in [-0.39, 0.29) is 0 Å². The molecule has 0 aliphatic heterocycles. The topological polar surface area (TPSA) is 62.3 Å². The van der Waals surface area contributed by atoms with Crippen LogP contribution in [0.15, 0.2) is 63.6 Å². The van der Waals surface area contributed by atoms with Crippen molar-refractivity contribution >= 4 is 49.5 Å². The van der Waals surface area contributed by atoms with E-state index in [1.54, 1.807) is 13.3 Å². The third-order valence-electron chi connectivity index (χ3n) is 3.93. The van der Waals surface area contributed by atoms with E-state index < -0.39 is 0 Å². The SMILES string of the molecule is COc1ccc2[nH]cc(/C=N/Nc3nc(-c4ccc(Br)cc4)cs3)c2c1. The summed E-state index contributed by atoms with van der Waals surface area (Å²) in [4.78, 5) is 7.80. The van der Waals surface area contributed by atoms with Gasteiger partial charge in [-0.1, -0.05) is 28.1 Å². The number of thiazole rings is 1. The fourth-order valence-corrected chi connectivity index (χ4v) is 3.52. The molecule has 4 rings (SSSR count). The number of anilines is 1. The van der Waals surface area contributed by atoms with E-state index >= 15 is 0 Å². The third kappa shape index (κ3) is 3.49. The molecule has 0 saturated carbocycles. The molecule has 0 aliphatic carbocycles. The molecule has 0 spiro atoms. The lowest BCUT2D eigenvalue weighted by Gasteiger charge is -1.99. The van der Waals surface area contributed by atoms with E-state index in [4.69, 9.17) is 4.74 Å². The highest BCUT2D eigenvalue weighted by molar-refractivity contribution is 9.10. The van der Waals surface area contributed by atoms with Crippen molar-refractivity contribution in [2.75, 3.05) is 12.5 Å². The summed E-state index contributed by atoms with van der Waals surface area (Å²) in [6, 6.07) is 14.0. The Kier molecular flexibility index (Phi) is 4.73. The van der Waals surface area contributed by atoms with Gasteiger partial charge in [0.2, 0.25) is 5.13 Å². The van der Waals surface area contributed by atoms with Crippen LogP contribution in [-0.4, -0.2) is 23.3 Å². The minimum Gasteiger partial charge on any atom is -0.497 e. The number of nitrogens with one attached hydrogen (secondary N) is 2. The Morgan fingerprint density at radius 3 is 2.88 bits per heavy atom. The van der Waals surface area contributed by atoms with Gasteiger partial charge in [-0.2, -0.15) is 5.10 Å². The number of halogens is 1. The maximum Gasteiger partial charge on any atom is 0.203 e. The lowest BCUT2D eigenvalue weighted by Crippen LogP contribution is -1.90. The lowest BCUT2D eigenvalue weighted by molar-refractivity contribution is 0.415. The van der Waals surface area contributed by atoms with Crippen LogP contribution in [0.2, 0.25) is 0 Å². The summed E-state index contributed by atoms with van der Waals surface area (Å²) in [5, 5.41) is 8.13. The highest BCUT2D eigenvalue weighted by atomic mass is 79.9. The molecule has 2 N–H and O–H groups in total. The molecule has 0 aliphatic rings. The van der Waals surface area contributed by atoms with E-state index in [0.717, 1.165) is 43.1 Å². The van der Waals surface area contributed by atoms with Gasteiger partial charge >= 0.3 is 0 Å². The van der Waals surface area contributed by atoms with Gasteiger partial charge < -0.3 is 9.72 Å². The highest BCUT2D eigenvalue weighted by Gasteiger charge is 2.05. The van der Waals surface area contributed by atoms with E-state index in [9.17, 15) is 0 Å². The van der Waals surface area contributed by atoms with Gasteiger partial charge in [-0.25, -0.2) is 4.98 Å². The van der Waals surface area contributed by atoms with Crippen LogP contribution in [0.4, 0.5) is 5.13 Å². The van der Waals surface area contributed by atoms with Gasteiger partial charge in [0.05, 0.1) is 19.0 Å². The first-order valence-corrected chi connectivity index (χ1v) is 9.56. The van der Waals surface area contributed by atoms with Gasteiger partial charge in [0, 0.05) is 38.1 Å². The smallest absolute Gasteiger partial charge is 0.203 e. The zero-order valence-electron chi connectivity index (χ0n) is 13.9. The van der Waals surface area contributed by atoms with Gasteiger partial charge in [-0.3, -0.25) is 5.43 Å². The number of rotatable bonds is 5. The van der Waals surface area contributed by atoms with Crippen LogP contribution in [0.5, 0.6) is 5.75 Å². The molecule has 0 saturated heterocycles. The van der Waals surface area contributed by atoms with Crippen molar-refractivity contribution in [3.8, 4) is 17.0 Å². The Morgan fingerprint density at radius 1 is 1.23 bits per heavy atom. The van der Waals surface area contributed by atoms with Crippen LogP contribution in [0.3, 0.4) is 0 Å². The normalized spacial score (nSPS) is 11.3. The molecular formula is C19H15BrN4OS. The highest BCUT2D eigenvalue weighted by Crippen LogP contribution is 2.26. The molecule has 0 atom stereocenters. The zero-order chi connectivity index (χ0) is 17.9. The number of benzene rings is 2. The monoisotopic (exact) mass is 426 g/mol. The minimum atomic E-state index is 0.747. The Morgan fingerprint density at radius 2 is 2.08 bits per heavy atom. The summed E-state index contributed by atoms with van der Waals surface area (Å²) >= 11 is 4.96. The Hall–Kier alpha value is -2.64. The maximum absolute atomic E-state index is 5.29. The number of hydrogen-bond acceptors (Lipinski definition) is 5. The zero-order valence-corrected chi connectivity index (χ0v) is 16.3. The molecule has 4 aromatic rings. The fraction of sp³-hybridized carbons (Fsp3) is 0.0526. The van der Waals surface area contributed by atoms with Crippen molar-refractivity contribution in [1.82, 2.24) is 9.97 Å². The van der Waals surface area contributed by atoms with Crippen LogP contribution in [0, 0.1) is 0 Å². The molecule has 0 unspecified atom stereocenters. The van der Waals surface area contributed by atoms with E-state index in [2.05, 4.69) is 36.4 Å². The molecule has 5 nitrogen and oxygen atoms in total. The molecule has 0 radical (unpaired) electrons. The van der Waals surface area contributed by atoms with Crippen LogP contribution < -0.4 is 10.2 Å². The molecule has 130 valence electrons. The van der Waals surface area contributed by atoms with Crippen LogP contribution >= 0.6 is 27.3 Å². The predicted molar refractivity (Wildman–Crippen MR) is 111 cm³/mol. The lowest BCUT2D eigenvalue weighted by atomic mass is 10.2. The molecule has 2 aromatic carbocycles. The second kappa shape index (κ2) is 7.31. The number of nitrogens with zero attached hydrogens (tertiary/aromatic N) is 2. The fourth-order valence-electron chi connectivity index (χ4n) is 2.59. The molecule has 2 heterocycles. The molecule has 7 heteroatoms. The van der Waals surface area contributed by atoms with Crippen molar-refractivity contribution in [2.45, 2.75) is 0 Å². The molecule has 2 aromatic heterocycles. The van der Waals surface area contributed by atoms with Crippen LogP contribution in [0.25, 0.3) is 22.2 Å². The van der Waals surface area contributed by atoms with Crippen molar-refractivity contribution < 1.29 is 4.74 Å². The van der Waals surface area contributed by atoms with E-state index in [1.807, 2.05) is 54.0 Å². The maximum atomic E-state index is 5.29. The van der Waals surface area contributed by atoms with Crippen molar-refractivity contribution in [2.24, 2.45) is 5.10 Å². The van der Waals surface area contributed by atoms with Gasteiger partial charge in [0.25, 0.3) is 0 Å². The number of ether oxygens (including phenoxy) is 1.